The van der Waals surface area contributed by atoms with Crippen LogP contribution in [0.25, 0.3) is 0 Å². The summed E-state index contributed by atoms with van der Waals surface area (Å²) < 4.78 is 10.1. The van der Waals surface area contributed by atoms with Crippen molar-refractivity contribution in [2.24, 2.45) is 5.73 Å². The molecule has 0 amide bonds. The van der Waals surface area contributed by atoms with E-state index in [-0.39, 0.29) is 0 Å². The molecule has 3 nitrogen and oxygen atoms in total. The molecule has 0 saturated carbocycles. The quantitative estimate of drug-likeness (QED) is 0.787. The molecule has 4 heteroatoms. The van der Waals surface area contributed by atoms with Crippen molar-refractivity contribution in [2.75, 3.05) is 14.2 Å². The van der Waals surface area contributed by atoms with Gasteiger partial charge in [0, 0.05) is 7.11 Å². The fraction of sp³-hybridized carbons (Fsp3) is 0.400. The minimum atomic E-state index is -0.446. The maximum atomic E-state index is 5.97. The molecule has 0 aliphatic heterocycles. The molecule has 0 heterocycles. The third-order valence-corrected chi connectivity index (χ3v) is 2.40. The molecule has 2 N–H and O–H groups in total. The molecule has 0 radical (unpaired) electrons. The summed E-state index contributed by atoms with van der Waals surface area (Å²) >= 11 is 5.97. The van der Waals surface area contributed by atoms with Crippen molar-refractivity contribution in [3.8, 4) is 5.75 Å². The highest BCUT2D eigenvalue weighted by Gasteiger charge is 2.11. The van der Waals surface area contributed by atoms with E-state index in [1.165, 1.54) is 0 Å². The monoisotopic (exact) mass is 215 g/mol. The first-order valence-corrected chi connectivity index (χ1v) is 4.60. The number of aryl methyl sites for hydroxylation is 1. The van der Waals surface area contributed by atoms with E-state index in [4.69, 9.17) is 26.8 Å². The van der Waals surface area contributed by atoms with Gasteiger partial charge in [-0.05, 0) is 30.2 Å². The van der Waals surface area contributed by atoms with Gasteiger partial charge in [0.2, 0.25) is 0 Å². The van der Waals surface area contributed by atoms with E-state index < -0.39 is 6.23 Å². The molecule has 0 saturated heterocycles. The minimum Gasteiger partial charge on any atom is -0.495 e. The van der Waals surface area contributed by atoms with E-state index >= 15 is 0 Å². The number of ether oxygens (including phenoxy) is 2. The molecule has 1 rings (SSSR count). The Balaban J connectivity index is 3.14. The zero-order chi connectivity index (χ0) is 10.7. The molecule has 0 aliphatic carbocycles. The van der Waals surface area contributed by atoms with Crippen LogP contribution in [0.3, 0.4) is 0 Å². The van der Waals surface area contributed by atoms with Crippen molar-refractivity contribution in [3.63, 3.8) is 0 Å². The normalized spacial score (nSPS) is 12.6. The van der Waals surface area contributed by atoms with Crippen LogP contribution in [-0.4, -0.2) is 14.2 Å². The smallest absolute Gasteiger partial charge is 0.137 e. The molecule has 14 heavy (non-hydrogen) atoms. The van der Waals surface area contributed by atoms with Crippen molar-refractivity contribution in [3.05, 3.63) is 28.3 Å². The molecule has 0 spiro atoms. The Labute approximate surface area is 88.8 Å². The number of benzene rings is 1. The van der Waals surface area contributed by atoms with Crippen LogP contribution in [0.4, 0.5) is 0 Å². The molecule has 0 aliphatic rings. The number of halogens is 1. The predicted octanol–water partition coefficient (Wildman–Crippen LogP) is 2.26. The van der Waals surface area contributed by atoms with Gasteiger partial charge in [0.15, 0.2) is 0 Å². The third kappa shape index (κ3) is 2.18. The molecule has 1 aromatic carbocycles. The van der Waals surface area contributed by atoms with E-state index in [1.807, 2.05) is 13.0 Å². The molecule has 0 fully saturated rings. The van der Waals surface area contributed by atoms with Crippen LogP contribution in [0.15, 0.2) is 12.1 Å². The van der Waals surface area contributed by atoms with E-state index in [9.17, 15) is 0 Å². The van der Waals surface area contributed by atoms with Gasteiger partial charge in [0.05, 0.1) is 12.1 Å². The molecule has 1 aromatic rings. The summed E-state index contributed by atoms with van der Waals surface area (Å²) in [5, 5.41) is 0.542. The summed E-state index contributed by atoms with van der Waals surface area (Å²) in [7, 11) is 3.14. The van der Waals surface area contributed by atoms with Gasteiger partial charge in [-0.25, -0.2) is 0 Å². The molecule has 78 valence electrons. The number of rotatable bonds is 3. The van der Waals surface area contributed by atoms with Gasteiger partial charge >= 0.3 is 0 Å². The van der Waals surface area contributed by atoms with Crippen molar-refractivity contribution in [1.82, 2.24) is 0 Å². The first kappa shape index (κ1) is 11.3. The standard InChI is InChI=1S/C10H14ClNO2/c1-6-4-9(13-2)8(11)5-7(6)10(12)14-3/h4-5,10H,12H2,1-3H3. The van der Waals surface area contributed by atoms with Crippen molar-refractivity contribution < 1.29 is 9.47 Å². The minimum absolute atomic E-state index is 0.446. The Morgan fingerprint density at radius 2 is 2.00 bits per heavy atom. The summed E-state index contributed by atoms with van der Waals surface area (Å²) in [6.45, 7) is 1.94. The first-order chi connectivity index (χ1) is 6.60. The summed E-state index contributed by atoms with van der Waals surface area (Å²) in [4.78, 5) is 0. The Hall–Kier alpha value is -0.770. The number of hydrogen-bond donors (Lipinski definition) is 1. The fourth-order valence-electron chi connectivity index (χ4n) is 1.26. The van der Waals surface area contributed by atoms with Gasteiger partial charge in [-0.3, -0.25) is 0 Å². The highest BCUT2D eigenvalue weighted by atomic mass is 35.5. The average Bonchev–Trinajstić information content (AvgIpc) is 2.19. The second-order valence-electron chi connectivity index (χ2n) is 3.00. The van der Waals surface area contributed by atoms with Crippen LogP contribution in [0.2, 0.25) is 5.02 Å². The zero-order valence-electron chi connectivity index (χ0n) is 8.50. The largest absolute Gasteiger partial charge is 0.495 e. The topological polar surface area (TPSA) is 44.5 Å². The number of hydrogen-bond acceptors (Lipinski definition) is 3. The lowest BCUT2D eigenvalue weighted by molar-refractivity contribution is 0.109. The molecule has 0 aromatic heterocycles. The summed E-state index contributed by atoms with van der Waals surface area (Å²) in [6.07, 6.45) is -0.446. The molecule has 0 bridgehead atoms. The Morgan fingerprint density at radius 3 is 2.50 bits per heavy atom. The predicted molar refractivity (Wildman–Crippen MR) is 56.7 cm³/mol. The highest BCUT2D eigenvalue weighted by molar-refractivity contribution is 6.32. The maximum absolute atomic E-state index is 5.97. The van der Waals surface area contributed by atoms with Crippen LogP contribution in [0.1, 0.15) is 17.4 Å². The maximum Gasteiger partial charge on any atom is 0.137 e. The fourth-order valence-corrected chi connectivity index (χ4v) is 1.51. The lowest BCUT2D eigenvalue weighted by atomic mass is 10.1. The van der Waals surface area contributed by atoms with Crippen LogP contribution in [0, 0.1) is 6.92 Å². The second-order valence-corrected chi connectivity index (χ2v) is 3.41. The summed E-state index contributed by atoms with van der Waals surface area (Å²) in [5.41, 5.74) is 7.61. The van der Waals surface area contributed by atoms with E-state index in [2.05, 4.69) is 0 Å². The van der Waals surface area contributed by atoms with Gasteiger partial charge in [0.25, 0.3) is 0 Å². The van der Waals surface area contributed by atoms with Crippen molar-refractivity contribution in [2.45, 2.75) is 13.2 Å². The summed E-state index contributed by atoms with van der Waals surface area (Å²) in [5.74, 6) is 0.649. The van der Waals surface area contributed by atoms with Crippen LogP contribution in [-0.2, 0) is 4.74 Å². The Morgan fingerprint density at radius 1 is 1.36 bits per heavy atom. The van der Waals surface area contributed by atoms with Gasteiger partial charge in [-0.2, -0.15) is 0 Å². The van der Waals surface area contributed by atoms with Gasteiger partial charge in [-0.1, -0.05) is 11.6 Å². The number of methoxy groups -OCH3 is 2. The van der Waals surface area contributed by atoms with E-state index in [1.54, 1.807) is 20.3 Å². The van der Waals surface area contributed by atoms with Crippen LogP contribution in [0.5, 0.6) is 5.75 Å². The Kier molecular flexibility index (Phi) is 3.75. The van der Waals surface area contributed by atoms with E-state index in [0.717, 1.165) is 11.1 Å². The third-order valence-electron chi connectivity index (χ3n) is 2.10. The average molecular weight is 216 g/mol. The SMILES string of the molecule is COc1cc(C)c(C(N)OC)cc1Cl. The lowest BCUT2D eigenvalue weighted by Gasteiger charge is -2.14. The molecular weight excluding hydrogens is 202 g/mol. The van der Waals surface area contributed by atoms with Gasteiger partial charge < -0.3 is 15.2 Å². The van der Waals surface area contributed by atoms with Gasteiger partial charge in [0.1, 0.15) is 12.0 Å². The Bertz CT molecular complexity index is 328. The number of nitrogens with two attached hydrogens (primary N) is 1. The lowest BCUT2D eigenvalue weighted by Crippen LogP contribution is -2.13. The second kappa shape index (κ2) is 4.64. The first-order valence-electron chi connectivity index (χ1n) is 4.22. The van der Waals surface area contributed by atoms with Crippen LogP contribution < -0.4 is 10.5 Å². The molecule has 1 atom stereocenters. The molecule has 1 unspecified atom stereocenters. The van der Waals surface area contributed by atoms with Gasteiger partial charge in [-0.15, -0.1) is 0 Å². The van der Waals surface area contributed by atoms with Crippen molar-refractivity contribution >= 4 is 11.6 Å². The van der Waals surface area contributed by atoms with E-state index in [0.29, 0.717) is 10.8 Å². The molecular formula is C10H14ClNO2. The van der Waals surface area contributed by atoms with Crippen molar-refractivity contribution in [1.29, 1.82) is 0 Å². The highest BCUT2D eigenvalue weighted by Crippen LogP contribution is 2.30. The van der Waals surface area contributed by atoms with Crippen LogP contribution >= 0.6 is 11.6 Å². The summed E-state index contributed by atoms with van der Waals surface area (Å²) in [6, 6.07) is 3.61. The zero-order valence-corrected chi connectivity index (χ0v) is 9.26.